The van der Waals surface area contributed by atoms with E-state index in [9.17, 15) is 9.59 Å². The molecule has 140 valence electrons. The first-order valence-corrected chi connectivity index (χ1v) is 9.49. The number of ether oxygens (including phenoxy) is 2. The summed E-state index contributed by atoms with van der Waals surface area (Å²) in [6.07, 6.45) is 7.11. The highest BCUT2D eigenvalue weighted by Gasteiger charge is 2.47. The first-order chi connectivity index (χ1) is 11.1. The van der Waals surface area contributed by atoms with E-state index in [0.29, 0.717) is 6.42 Å². The first kappa shape index (κ1) is 21.0. The highest BCUT2D eigenvalue weighted by atomic mass is 16.6. The molecule has 0 aliphatic heterocycles. The lowest BCUT2D eigenvalue weighted by molar-refractivity contribution is -0.183. The van der Waals surface area contributed by atoms with E-state index in [4.69, 9.17) is 9.47 Å². The molecule has 0 radical (unpaired) electrons. The van der Waals surface area contributed by atoms with Gasteiger partial charge in [0.05, 0.1) is 11.8 Å². The van der Waals surface area contributed by atoms with Crippen LogP contribution in [-0.4, -0.2) is 24.1 Å². The van der Waals surface area contributed by atoms with Gasteiger partial charge in [-0.05, 0) is 52.4 Å². The summed E-state index contributed by atoms with van der Waals surface area (Å²) in [6, 6.07) is 0. The maximum Gasteiger partial charge on any atom is 0.311 e. The number of esters is 2. The Morgan fingerprint density at radius 3 is 2.04 bits per heavy atom. The number of carbonyl (C=O) groups excluding carboxylic acids is 2. The van der Waals surface area contributed by atoms with Crippen LogP contribution in [0.2, 0.25) is 0 Å². The van der Waals surface area contributed by atoms with E-state index in [1.54, 1.807) is 0 Å². The molecule has 0 spiro atoms. The summed E-state index contributed by atoms with van der Waals surface area (Å²) < 4.78 is 11.3. The van der Waals surface area contributed by atoms with E-state index in [0.717, 1.165) is 32.1 Å². The summed E-state index contributed by atoms with van der Waals surface area (Å²) in [4.78, 5) is 24.3. The van der Waals surface area contributed by atoms with Crippen LogP contribution < -0.4 is 0 Å². The molecular weight excluding hydrogens is 304 g/mol. The van der Waals surface area contributed by atoms with Crippen molar-refractivity contribution < 1.29 is 19.1 Å². The van der Waals surface area contributed by atoms with Crippen molar-refractivity contribution in [2.45, 2.75) is 98.5 Å². The predicted molar refractivity (Wildman–Crippen MR) is 95.6 cm³/mol. The lowest BCUT2D eigenvalue weighted by Gasteiger charge is -2.48. The minimum Gasteiger partial charge on any atom is -0.465 e. The number of rotatable bonds is 8. The molecule has 0 aromatic rings. The van der Waals surface area contributed by atoms with Crippen LogP contribution >= 0.6 is 0 Å². The molecule has 4 heteroatoms. The molecule has 0 unspecified atom stereocenters. The molecule has 0 heterocycles. The molecule has 1 aliphatic carbocycles. The smallest absolute Gasteiger partial charge is 0.311 e. The normalized spacial score (nSPS) is 18.1. The minimum absolute atomic E-state index is 0.0377. The van der Waals surface area contributed by atoms with Gasteiger partial charge in [0.25, 0.3) is 0 Å². The molecule has 4 nitrogen and oxygen atoms in total. The molecule has 0 N–H and O–H groups in total. The quantitative estimate of drug-likeness (QED) is 0.581. The monoisotopic (exact) mass is 340 g/mol. The van der Waals surface area contributed by atoms with Crippen molar-refractivity contribution in [3.8, 4) is 0 Å². The van der Waals surface area contributed by atoms with E-state index >= 15 is 0 Å². The third-order valence-electron chi connectivity index (χ3n) is 6.06. The number of hydrogen-bond donors (Lipinski definition) is 0. The predicted octanol–water partition coefficient (Wildman–Crippen LogP) is 5.04. The molecule has 1 rings (SSSR count). The first-order valence-electron chi connectivity index (χ1n) is 9.49. The summed E-state index contributed by atoms with van der Waals surface area (Å²) >= 11 is 0. The van der Waals surface area contributed by atoms with Gasteiger partial charge in [-0.3, -0.25) is 9.59 Å². The Hall–Kier alpha value is -1.06. The lowest BCUT2D eigenvalue weighted by atomic mass is 9.65. The minimum atomic E-state index is -0.501. The van der Waals surface area contributed by atoms with Gasteiger partial charge in [-0.1, -0.05) is 34.1 Å². The van der Waals surface area contributed by atoms with Crippen molar-refractivity contribution in [1.82, 2.24) is 0 Å². The summed E-state index contributed by atoms with van der Waals surface area (Å²) in [7, 11) is 0. The average Bonchev–Trinajstić information content (AvgIpc) is 2.55. The van der Waals surface area contributed by atoms with E-state index < -0.39 is 5.41 Å². The van der Waals surface area contributed by atoms with E-state index in [1.807, 2.05) is 20.8 Å². The molecule has 1 aliphatic rings. The number of hydrogen-bond acceptors (Lipinski definition) is 4. The zero-order chi connectivity index (χ0) is 18.4. The standard InChI is InChI=1S/C20H36O4/c1-7-18(3,4)17(22)23-15-12-16(21)24-20(19(5,6)8-2)13-10-9-11-14-20/h7-15H2,1-6H3. The van der Waals surface area contributed by atoms with Gasteiger partial charge in [-0.25, -0.2) is 0 Å². The molecule has 0 aromatic heterocycles. The maximum absolute atomic E-state index is 12.4. The van der Waals surface area contributed by atoms with Crippen molar-refractivity contribution in [2.24, 2.45) is 10.8 Å². The Morgan fingerprint density at radius 2 is 1.54 bits per heavy atom. The second-order valence-electron chi connectivity index (χ2n) is 8.39. The van der Waals surface area contributed by atoms with E-state index in [2.05, 4.69) is 20.8 Å². The SMILES string of the molecule is CCC(C)(C)C(=O)OCCC(=O)OC1(C(C)(C)CC)CCCCC1. The van der Waals surface area contributed by atoms with E-state index in [1.165, 1.54) is 6.42 Å². The third kappa shape index (κ3) is 4.97. The maximum atomic E-state index is 12.4. The Morgan fingerprint density at radius 1 is 0.958 bits per heavy atom. The van der Waals surface area contributed by atoms with E-state index in [-0.39, 0.29) is 36.0 Å². The van der Waals surface area contributed by atoms with Crippen LogP contribution in [0.3, 0.4) is 0 Å². The van der Waals surface area contributed by atoms with Crippen molar-refractivity contribution in [1.29, 1.82) is 0 Å². The molecule has 0 aromatic carbocycles. The molecule has 1 fully saturated rings. The van der Waals surface area contributed by atoms with Gasteiger partial charge < -0.3 is 9.47 Å². The fourth-order valence-electron chi connectivity index (χ4n) is 3.20. The Bertz CT molecular complexity index is 431. The summed E-state index contributed by atoms with van der Waals surface area (Å²) in [5.74, 6) is -0.500. The fourth-order valence-corrected chi connectivity index (χ4v) is 3.20. The molecular formula is C20H36O4. The highest BCUT2D eigenvalue weighted by molar-refractivity contribution is 5.76. The zero-order valence-corrected chi connectivity index (χ0v) is 16.5. The Balaban J connectivity index is 2.59. The molecule has 0 saturated heterocycles. The molecule has 0 amide bonds. The topological polar surface area (TPSA) is 52.6 Å². The van der Waals surface area contributed by atoms with Gasteiger partial charge in [0.1, 0.15) is 12.2 Å². The van der Waals surface area contributed by atoms with Crippen LogP contribution in [0.4, 0.5) is 0 Å². The van der Waals surface area contributed by atoms with Gasteiger partial charge >= 0.3 is 11.9 Å². The van der Waals surface area contributed by atoms with Gasteiger partial charge in [0, 0.05) is 5.41 Å². The van der Waals surface area contributed by atoms with Gasteiger partial charge in [-0.2, -0.15) is 0 Å². The summed E-state index contributed by atoms with van der Waals surface area (Å²) in [5, 5.41) is 0. The van der Waals surface area contributed by atoms with Gasteiger partial charge in [-0.15, -0.1) is 0 Å². The Labute approximate surface area is 147 Å². The largest absolute Gasteiger partial charge is 0.465 e. The van der Waals surface area contributed by atoms with Crippen LogP contribution in [0.1, 0.15) is 92.9 Å². The average molecular weight is 341 g/mol. The van der Waals surface area contributed by atoms with Gasteiger partial charge in [0.15, 0.2) is 0 Å². The van der Waals surface area contributed by atoms with Crippen LogP contribution in [0, 0.1) is 10.8 Å². The van der Waals surface area contributed by atoms with Crippen molar-refractivity contribution in [3.05, 3.63) is 0 Å². The van der Waals surface area contributed by atoms with Crippen molar-refractivity contribution >= 4 is 11.9 Å². The molecule has 24 heavy (non-hydrogen) atoms. The fraction of sp³-hybridized carbons (Fsp3) is 0.900. The lowest BCUT2D eigenvalue weighted by Crippen LogP contribution is -2.49. The highest BCUT2D eigenvalue weighted by Crippen LogP contribution is 2.47. The van der Waals surface area contributed by atoms with Crippen LogP contribution in [0.5, 0.6) is 0 Å². The zero-order valence-electron chi connectivity index (χ0n) is 16.5. The Kier molecular flexibility index (Phi) is 7.30. The molecule has 1 saturated carbocycles. The van der Waals surface area contributed by atoms with Crippen LogP contribution in [-0.2, 0) is 19.1 Å². The molecule has 0 bridgehead atoms. The van der Waals surface area contributed by atoms with Crippen LogP contribution in [0.25, 0.3) is 0 Å². The molecule has 0 atom stereocenters. The van der Waals surface area contributed by atoms with Gasteiger partial charge in [0.2, 0.25) is 0 Å². The van der Waals surface area contributed by atoms with Crippen molar-refractivity contribution in [3.63, 3.8) is 0 Å². The second kappa shape index (κ2) is 8.35. The third-order valence-corrected chi connectivity index (χ3v) is 6.06. The summed E-state index contributed by atoms with van der Waals surface area (Å²) in [5.41, 5.74) is -0.910. The van der Waals surface area contributed by atoms with Crippen LogP contribution in [0.15, 0.2) is 0 Å². The second-order valence-corrected chi connectivity index (χ2v) is 8.39. The number of carbonyl (C=O) groups is 2. The van der Waals surface area contributed by atoms with Crippen molar-refractivity contribution in [2.75, 3.05) is 6.61 Å². The summed E-state index contributed by atoms with van der Waals surface area (Å²) in [6.45, 7) is 12.3.